The molecule has 2 aromatic rings. The van der Waals surface area contributed by atoms with Crippen molar-refractivity contribution in [2.45, 2.75) is 32.6 Å². The summed E-state index contributed by atoms with van der Waals surface area (Å²) < 4.78 is 6.52. The fraction of sp³-hybridized carbons (Fsp3) is 0.333. The van der Waals surface area contributed by atoms with E-state index in [1.807, 2.05) is 18.2 Å². The van der Waals surface area contributed by atoms with Gasteiger partial charge in [-0.3, -0.25) is 4.79 Å². The molecule has 1 amide bonds. The van der Waals surface area contributed by atoms with E-state index < -0.39 is 5.97 Å². The average molecular weight is 489 g/mol. The lowest BCUT2D eigenvalue weighted by atomic mass is 10.2. The minimum absolute atomic E-state index is 0.265. The first-order valence-corrected chi connectivity index (χ1v) is 10.5. The Kier molecular flexibility index (Phi) is 8.12. The van der Waals surface area contributed by atoms with Gasteiger partial charge >= 0.3 is 5.97 Å². The molecular weight excluding hydrogens is 470 g/mol. The molecule has 0 atom stereocenters. The Bertz CT molecular complexity index is 731. The number of nitrogens with one attached hydrogen (secondary N) is 1. The number of ether oxygens (including phenoxy) is 1. The van der Waals surface area contributed by atoms with Crippen LogP contribution in [0.5, 0.6) is 0 Å². The second-order valence-corrected chi connectivity index (χ2v) is 9.07. The van der Waals surface area contributed by atoms with Gasteiger partial charge in [0.05, 0.1) is 25.3 Å². The number of para-hydroxylation sites is 1. The first-order chi connectivity index (χ1) is 12.0. The number of rotatable bonds is 8. The Labute approximate surface area is 168 Å². The molecule has 1 heterocycles. The lowest BCUT2D eigenvalue weighted by Gasteiger charge is -2.08. The molecule has 0 radical (unpaired) electrons. The van der Waals surface area contributed by atoms with Gasteiger partial charge in [-0.05, 0) is 50.4 Å². The summed E-state index contributed by atoms with van der Waals surface area (Å²) in [5.74, 6) is -0.832. The summed E-state index contributed by atoms with van der Waals surface area (Å²) in [5.41, 5.74) is 1.22. The fourth-order valence-electron chi connectivity index (χ4n) is 2.24. The summed E-state index contributed by atoms with van der Waals surface area (Å²) in [5, 5.41) is 2.80. The van der Waals surface area contributed by atoms with Crippen molar-refractivity contribution in [3.05, 3.63) is 49.0 Å². The van der Waals surface area contributed by atoms with Crippen LogP contribution in [-0.2, 0) is 4.74 Å². The topological polar surface area (TPSA) is 55.4 Å². The van der Waals surface area contributed by atoms with Crippen LogP contribution in [0.15, 0.2) is 37.9 Å². The normalized spacial score (nSPS) is 10.5. The van der Waals surface area contributed by atoms with Crippen molar-refractivity contribution >= 4 is 60.8 Å². The number of benzene rings is 1. The molecule has 0 unspecified atom stereocenters. The molecule has 0 saturated heterocycles. The number of hydrogen-bond donors (Lipinski definition) is 1. The van der Waals surface area contributed by atoms with Gasteiger partial charge in [-0.25, -0.2) is 4.79 Å². The van der Waals surface area contributed by atoms with Crippen LogP contribution in [0.1, 0.15) is 53.3 Å². The zero-order valence-electron chi connectivity index (χ0n) is 13.8. The minimum Gasteiger partial charge on any atom is -0.462 e. The summed E-state index contributed by atoms with van der Waals surface area (Å²) in [6.45, 7) is 2.49. The van der Waals surface area contributed by atoms with Crippen molar-refractivity contribution in [2.75, 3.05) is 11.9 Å². The highest BCUT2D eigenvalue weighted by Gasteiger charge is 2.27. The summed E-state index contributed by atoms with van der Waals surface area (Å²) in [7, 11) is 0. The van der Waals surface area contributed by atoms with Crippen LogP contribution in [0.4, 0.5) is 5.69 Å². The minimum atomic E-state index is -0.483. The molecule has 25 heavy (non-hydrogen) atoms. The Morgan fingerprint density at radius 2 is 1.72 bits per heavy atom. The molecule has 0 fully saturated rings. The van der Waals surface area contributed by atoms with Crippen LogP contribution in [0, 0.1) is 0 Å². The van der Waals surface area contributed by atoms with E-state index in [2.05, 4.69) is 44.1 Å². The Morgan fingerprint density at radius 3 is 2.40 bits per heavy atom. The van der Waals surface area contributed by atoms with Crippen molar-refractivity contribution in [2.24, 2.45) is 0 Å². The van der Waals surface area contributed by atoms with Gasteiger partial charge in [-0.1, -0.05) is 44.4 Å². The third-order valence-electron chi connectivity index (χ3n) is 3.52. The number of hydrogen-bond acceptors (Lipinski definition) is 4. The molecule has 7 heteroatoms. The number of esters is 1. The van der Waals surface area contributed by atoms with Crippen LogP contribution >= 0.6 is 43.2 Å². The van der Waals surface area contributed by atoms with E-state index in [0.29, 0.717) is 25.4 Å². The number of carbonyl (C=O) groups is 2. The van der Waals surface area contributed by atoms with Crippen LogP contribution < -0.4 is 5.32 Å². The van der Waals surface area contributed by atoms with E-state index in [1.54, 1.807) is 12.1 Å². The van der Waals surface area contributed by atoms with Crippen LogP contribution in [-0.4, -0.2) is 18.5 Å². The standard InChI is InChI=1S/C18H19Br2NO3S/c1-2-3-4-8-11-24-18(23)14-13(15(19)25-16(14)20)17(22)21-12-9-6-5-7-10-12/h5-7,9-10H,2-4,8,11H2,1H3,(H,21,22). The van der Waals surface area contributed by atoms with Gasteiger partial charge in [0, 0.05) is 5.69 Å². The fourth-order valence-corrected chi connectivity index (χ4v) is 5.35. The van der Waals surface area contributed by atoms with Crippen LogP contribution in [0.2, 0.25) is 0 Å². The average Bonchev–Trinajstić information content (AvgIpc) is 2.89. The predicted molar refractivity (Wildman–Crippen MR) is 109 cm³/mol. The second kappa shape index (κ2) is 10.1. The summed E-state index contributed by atoms with van der Waals surface area (Å²) in [6.07, 6.45) is 4.10. The van der Waals surface area contributed by atoms with Gasteiger partial charge < -0.3 is 10.1 Å². The third kappa shape index (κ3) is 5.66. The summed E-state index contributed by atoms with van der Waals surface area (Å²) in [4.78, 5) is 25.1. The van der Waals surface area contributed by atoms with Crippen LogP contribution in [0.3, 0.4) is 0 Å². The maximum atomic E-state index is 12.6. The van der Waals surface area contributed by atoms with Crippen molar-refractivity contribution in [3.8, 4) is 0 Å². The largest absolute Gasteiger partial charge is 0.462 e. The van der Waals surface area contributed by atoms with Gasteiger partial charge in [-0.2, -0.15) is 0 Å². The molecule has 0 aliphatic rings. The second-order valence-electron chi connectivity index (χ2n) is 5.42. The van der Waals surface area contributed by atoms with Crippen molar-refractivity contribution in [3.63, 3.8) is 0 Å². The van der Waals surface area contributed by atoms with E-state index in [9.17, 15) is 9.59 Å². The number of unbranched alkanes of at least 4 members (excludes halogenated alkanes) is 3. The molecule has 1 aromatic heterocycles. The number of halogens is 2. The molecule has 2 rings (SSSR count). The van der Waals surface area contributed by atoms with E-state index in [-0.39, 0.29) is 11.5 Å². The summed E-state index contributed by atoms with van der Waals surface area (Å²) >= 11 is 8.02. The van der Waals surface area contributed by atoms with E-state index in [0.717, 1.165) is 25.7 Å². The smallest absolute Gasteiger partial charge is 0.341 e. The molecule has 1 aromatic carbocycles. The highest BCUT2D eigenvalue weighted by molar-refractivity contribution is 9.12. The molecule has 134 valence electrons. The van der Waals surface area contributed by atoms with Crippen molar-refractivity contribution < 1.29 is 14.3 Å². The number of amides is 1. The zero-order valence-corrected chi connectivity index (χ0v) is 17.8. The zero-order chi connectivity index (χ0) is 18.2. The Balaban J connectivity index is 2.11. The van der Waals surface area contributed by atoms with Crippen molar-refractivity contribution in [1.82, 2.24) is 0 Å². The predicted octanol–water partition coefficient (Wildman–Crippen LogP) is 6.26. The van der Waals surface area contributed by atoms with Gasteiger partial charge in [0.1, 0.15) is 0 Å². The number of anilines is 1. The number of carbonyl (C=O) groups excluding carboxylic acids is 2. The van der Waals surface area contributed by atoms with E-state index in [1.165, 1.54) is 11.3 Å². The Morgan fingerprint density at radius 1 is 1.04 bits per heavy atom. The maximum Gasteiger partial charge on any atom is 0.341 e. The van der Waals surface area contributed by atoms with Gasteiger partial charge in [0.25, 0.3) is 5.91 Å². The SMILES string of the molecule is CCCCCCOC(=O)c1c(Br)sc(Br)c1C(=O)Nc1ccccc1. The monoisotopic (exact) mass is 487 g/mol. The van der Waals surface area contributed by atoms with E-state index >= 15 is 0 Å². The third-order valence-corrected chi connectivity index (χ3v) is 6.05. The molecule has 4 nitrogen and oxygen atoms in total. The highest BCUT2D eigenvalue weighted by Crippen LogP contribution is 2.38. The van der Waals surface area contributed by atoms with Gasteiger partial charge in [0.2, 0.25) is 0 Å². The Hall–Kier alpha value is -1.18. The molecule has 1 N–H and O–H groups in total. The molecular formula is C18H19Br2NO3S. The lowest BCUT2D eigenvalue weighted by molar-refractivity contribution is 0.0494. The van der Waals surface area contributed by atoms with Gasteiger partial charge in [-0.15, -0.1) is 11.3 Å². The van der Waals surface area contributed by atoms with Crippen LogP contribution in [0.25, 0.3) is 0 Å². The molecule has 0 aliphatic heterocycles. The first kappa shape index (κ1) is 20.1. The van der Waals surface area contributed by atoms with Gasteiger partial charge in [0.15, 0.2) is 0 Å². The molecule has 0 aliphatic carbocycles. The molecule has 0 bridgehead atoms. The maximum absolute atomic E-state index is 12.6. The first-order valence-electron chi connectivity index (χ1n) is 8.06. The molecule has 0 saturated carbocycles. The highest BCUT2D eigenvalue weighted by atomic mass is 79.9. The number of thiophene rings is 1. The van der Waals surface area contributed by atoms with E-state index in [4.69, 9.17) is 4.74 Å². The van der Waals surface area contributed by atoms with Crippen molar-refractivity contribution in [1.29, 1.82) is 0 Å². The summed E-state index contributed by atoms with van der Waals surface area (Å²) in [6, 6.07) is 9.12. The lowest BCUT2D eigenvalue weighted by Crippen LogP contribution is -2.17. The quantitative estimate of drug-likeness (QED) is 0.352. The molecule has 0 spiro atoms.